The van der Waals surface area contributed by atoms with Gasteiger partial charge in [0, 0.05) is 10.8 Å². The molecule has 25 heavy (non-hydrogen) atoms. The molecule has 0 aliphatic heterocycles. The molecule has 0 amide bonds. The zero-order chi connectivity index (χ0) is 18.2. The Morgan fingerprint density at radius 1 is 1.08 bits per heavy atom. The number of carbonyl (C=O) groups is 1. The summed E-state index contributed by atoms with van der Waals surface area (Å²) in [5.74, 6) is 0.331. The average Bonchev–Trinajstić information content (AvgIpc) is 2.60. The molecule has 1 unspecified atom stereocenters. The van der Waals surface area contributed by atoms with Gasteiger partial charge < -0.3 is 9.84 Å². The first kappa shape index (κ1) is 17.4. The molecule has 3 heteroatoms. The van der Waals surface area contributed by atoms with Gasteiger partial charge in [0.1, 0.15) is 5.75 Å². The number of rotatable bonds is 4. The molecule has 0 aromatic heterocycles. The number of esters is 1. The third-order valence-corrected chi connectivity index (χ3v) is 4.97. The summed E-state index contributed by atoms with van der Waals surface area (Å²) >= 11 is 0. The molecule has 0 aliphatic rings. The molecule has 3 rings (SSSR count). The maximum Gasteiger partial charge on any atom is 0.316 e. The molecule has 3 aromatic carbocycles. The van der Waals surface area contributed by atoms with Crippen molar-refractivity contribution in [1.82, 2.24) is 0 Å². The van der Waals surface area contributed by atoms with Gasteiger partial charge in [-0.05, 0) is 49.6 Å². The van der Waals surface area contributed by atoms with E-state index in [1.54, 1.807) is 6.92 Å². The fourth-order valence-electron chi connectivity index (χ4n) is 2.92. The minimum Gasteiger partial charge on any atom is -0.425 e. The van der Waals surface area contributed by atoms with E-state index >= 15 is 0 Å². The van der Waals surface area contributed by atoms with Crippen molar-refractivity contribution in [3.05, 3.63) is 54.1 Å². The fourth-order valence-corrected chi connectivity index (χ4v) is 2.92. The normalized spacial score (nSPS) is 13.2. The summed E-state index contributed by atoms with van der Waals surface area (Å²) < 4.78 is 5.91. The van der Waals surface area contributed by atoms with Gasteiger partial charge in [0.05, 0.1) is 11.5 Å². The zero-order valence-corrected chi connectivity index (χ0v) is 15.2. The van der Waals surface area contributed by atoms with Crippen molar-refractivity contribution in [1.29, 1.82) is 0 Å². The fraction of sp³-hybridized carbons (Fsp3) is 0.318. The van der Waals surface area contributed by atoms with Crippen LogP contribution in [0.1, 0.15) is 45.8 Å². The number of hydrogen-bond acceptors (Lipinski definition) is 3. The van der Waals surface area contributed by atoms with Gasteiger partial charge in [-0.25, -0.2) is 0 Å². The Balaban J connectivity index is 2.30. The van der Waals surface area contributed by atoms with Crippen molar-refractivity contribution in [2.24, 2.45) is 5.41 Å². The van der Waals surface area contributed by atoms with Gasteiger partial charge in [-0.3, -0.25) is 4.79 Å². The Morgan fingerprint density at radius 3 is 2.44 bits per heavy atom. The molecule has 0 heterocycles. The Bertz CT molecular complexity index is 939. The summed E-state index contributed by atoms with van der Waals surface area (Å²) in [5.41, 5.74) is 0.279. The van der Waals surface area contributed by atoms with E-state index in [1.165, 1.54) is 0 Å². The summed E-state index contributed by atoms with van der Waals surface area (Å²) in [5, 5.41) is 13.8. The van der Waals surface area contributed by atoms with Gasteiger partial charge in [-0.1, -0.05) is 49.4 Å². The largest absolute Gasteiger partial charge is 0.425 e. The molecule has 130 valence electrons. The molecular weight excluding hydrogens is 312 g/mol. The quantitative estimate of drug-likeness (QED) is 0.395. The van der Waals surface area contributed by atoms with Gasteiger partial charge in [-0.2, -0.15) is 0 Å². The van der Waals surface area contributed by atoms with Crippen LogP contribution in [0, 0.1) is 5.41 Å². The molecule has 0 aliphatic carbocycles. The van der Waals surface area contributed by atoms with E-state index in [2.05, 4.69) is 6.07 Å². The molecule has 0 bridgehead atoms. The molecule has 1 atom stereocenters. The second-order valence-corrected chi connectivity index (χ2v) is 7.17. The van der Waals surface area contributed by atoms with E-state index < -0.39 is 11.5 Å². The lowest BCUT2D eigenvalue weighted by molar-refractivity contribution is -0.143. The maximum atomic E-state index is 12.7. The average molecular weight is 336 g/mol. The lowest BCUT2D eigenvalue weighted by Crippen LogP contribution is -2.28. The molecule has 0 saturated heterocycles. The number of aliphatic hydroxyl groups excluding tert-OH is 1. The van der Waals surface area contributed by atoms with E-state index in [4.69, 9.17) is 4.74 Å². The zero-order valence-electron chi connectivity index (χ0n) is 15.2. The number of hydrogen-bond donors (Lipinski definition) is 1. The summed E-state index contributed by atoms with van der Waals surface area (Å²) in [6.45, 7) is 7.51. The highest BCUT2D eigenvalue weighted by molar-refractivity contribution is 6.07. The highest BCUT2D eigenvalue weighted by atomic mass is 16.5. The van der Waals surface area contributed by atoms with Gasteiger partial charge in [0.15, 0.2) is 0 Å². The van der Waals surface area contributed by atoms with E-state index in [0.717, 1.165) is 27.1 Å². The summed E-state index contributed by atoms with van der Waals surface area (Å²) in [6.07, 6.45) is 0.105. The Kier molecular flexibility index (Phi) is 4.53. The van der Waals surface area contributed by atoms with Crippen LogP contribution in [0.25, 0.3) is 21.5 Å². The van der Waals surface area contributed by atoms with Crippen molar-refractivity contribution >= 4 is 27.5 Å². The summed E-state index contributed by atoms with van der Waals surface area (Å²) in [7, 11) is 0. The molecule has 0 spiro atoms. The number of ether oxygens (including phenoxy) is 1. The minimum absolute atomic E-state index is 0.241. The van der Waals surface area contributed by atoms with Crippen molar-refractivity contribution in [2.75, 3.05) is 0 Å². The van der Waals surface area contributed by atoms with E-state index in [-0.39, 0.29) is 5.97 Å². The monoisotopic (exact) mass is 336 g/mol. The smallest absolute Gasteiger partial charge is 0.316 e. The second kappa shape index (κ2) is 6.49. The van der Waals surface area contributed by atoms with Crippen LogP contribution in [-0.2, 0) is 4.79 Å². The topological polar surface area (TPSA) is 46.5 Å². The predicted octanol–water partition coefficient (Wildman–Crippen LogP) is 5.39. The van der Waals surface area contributed by atoms with Crippen LogP contribution in [0.5, 0.6) is 5.75 Å². The first-order valence-electron chi connectivity index (χ1n) is 8.70. The second-order valence-electron chi connectivity index (χ2n) is 7.17. The van der Waals surface area contributed by atoms with Crippen molar-refractivity contribution in [3.63, 3.8) is 0 Å². The predicted molar refractivity (Wildman–Crippen MR) is 102 cm³/mol. The SMILES string of the molecule is CCC(C)(C)C(=O)Oc1c2ccccc2cc2c(C(C)O)cccc12. The molecule has 0 saturated carbocycles. The highest BCUT2D eigenvalue weighted by Gasteiger charge is 2.29. The maximum absolute atomic E-state index is 12.7. The van der Waals surface area contributed by atoms with E-state index in [9.17, 15) is 9.90 Å². The molecule has 3 nitrogen and oxygen atoms in total. The summed E-state index contributed by atoms with van der Waals surface area (Å²) in [6, 6.07) is 15.6. The lowest BCUT2D eigenvalue weighted by Gasteiger charge is -2.22. The molecule has 3 aromatic rings. The molecule has 0 radical (unpaired) electrons. The van der Waals surface area contributed by atoms with Crippen LogP contribution in [0.15, 0.2) is 48.5 Å². The van der Waals surface area contributed by atoms with Gasteiger partial charge in [0.2, 0.25) is 0 Å². The number of benzene rings is 3. The Labute approximate surface area is 148 Å². The minimum atomic E-state index is -0.597. The first-order chi connectivity index (χ1) is 11.8. The number of fused-ring (bicyclic) bond motifs is 2. The van der Waals surface area contributed by atoms with E-state index in [0.29, 0.717) is 12.2 Å². The Morgan fingerprint density at radius 2 is 1.76 bits per heavy atom. The van der Waals surface area contributed by atoms with E-state index in [1.807, 2.05) is 63.2 Å². The van der Waals surface area contributed by atoms with Crippen molar-refractivity contribution < 1.29 is 14.6 Å². The summed E-state index contributed by atoms with van der Waals surface area (Å²) in [4.78, 5) is 12.7. The van der Waals surface area contributed by atoms with Crippen LogP contribution >= 0.6 is 0 Å². The van der Waals surface area contributed by atoms with Crippen LogP contribution < -0.4 is 4.74 Å². The highest BCUT2D eigenvalue weighted by Crippen LogP contribution is 2.39. The van der Waals surface area contributed by atoms with Gasteiger partial charge >= 0.3 is 5.97 Å². The molecule has 0 fully saturated rings. The van der Waals surface area contributed by atoms with Crippen LogP contribution in [0.4, 0.5) is 0 Å². The standard InChI is InChI=1S/C22H24O3/c1-5-22(3,4)21(24)25-20-17-10-7-6-9-15(17)13-19-16(14(2)23)11-8-12-18(19)20/h6-14,23H,5H2,1-4H3. The number of carbonyl (C=O) groups excluding carboxylic acids is 1. The third kappa shape index (κ3) is 3.12. The molecular formula is C22H24O3. The lowest BCUT2D eigenvalue weighted by atomic mass is 9.90. The van der Waals surface area contributed by atoms with Crippen LogP contribution in [0.3, 0.4) is 0 Å². The number of aliphatic hydroxyl groups is 1. The van der Waals surface area contributed by atoms with Gasteiger partial charge in [-0.15, -0.1) is 0 Å². The third-order valence-electron chi connectivity index (χ3n) is 4.97. The molecule has 1 N–H and O–H groups in total. The van der Waals surface area contributed by atoms with Crippen molar-refractivity contribution in [3.8, 4) is 5.75 Å². The van der Waals surface area contributed by atoms with Crippen LogP contribution in [0.2, 0.25) is 0 Å². The Hall–Kier alpha value is -2.39. The van der Waals surface area contributed by atoms with Gasteiger partial charge in [0.25, 0.3) is 0 Å². The van der Waals surface area contributed by atoms with Crippen LogP contribution in [-0.4, -0.2) is 11.1 Å². The first-order valence-corrected chi connectivity index (χ1v) is 8.70. The van der Waals surface area contributed by atoms with Crippen molar-refractivity contribution in [2.45, 2.75) is 40.2 Å².